The first-order valence-electron chi connectivity index (χ1n) is 8.12. The number of carboxylic acid groups (broad SMARTS) is 1. The number of rotatable bonds is 8. The van der Waals surface area contributed by atoms with Gasteiger partial charge in [0.1, 0.15) is 12.4 Å². The predicted octanol–water partition coefficient (Wildman–Crippen LogP) is 5.49. The molecule has 0 heterocycles. The molecule has 0 saturated heterocycles. The minimum Gasteiger partial charge on any atom is -0.489 e. The Hall–Kier alpha value is -2.25. The number of hydrogen-bond donors (Lipinski definition) is 1. The molecule has 1 atom stereocenters. The maximum atomic E-state index is 12.7. The Morgan fingerprint density at radius 1 is 1.19 bits per heavy atom. The fraction of sp³-hybridized carbons (Fsp3) is 0.316. The van der Waals surface area contributed by atoms with E-state index in [9.17, 15) is 18.0 Å². The number of aliphatic carboxylic acids is 1. The summed E-state index contributed by atoms with van der Waals surface area (Å²) in [6.45, 7) is 2.20. The van der Waals surface area contributed by atoms with E-state index >= 15 is 0 Å². The van der Waals surface area contributed by atoms with Crippen molar-refractivity contribution in [3.8, 4) is 5.75 Å². The molecule has 0 radical (unpaired) electrons. The minimum absolute atomic E-state index is 0.0429. The van der Waals surface area contributed by atoms with Crippen LogP contribution in [0.2, 0.25) is 5.02 Å². The number of benzene rings is 2. The molecule has 27 heavy (non-hydrogen) atoms. The number of ether oxygens (including phenoxy) is 2. The van der Waals surface area contributed by atoms with Crippen LogP contribution in [-0.2, 0) is 22.3 Å². The summed E-state index contributed by atoms with van der Waals surface area (Å²) in [5.41, 5.74) is 0.303. The van der Waals surface area contributed by atoms with Gasteiger partial charge in [-0.1, -0.05) is 29.8 Å². The van der Waals surface area contributed by atoms with Crippen molar-refractivity contribution >= 4 is 17.6 Å². The van der Waals surface area contributed by atoms with Crippen LogP contribution >= 0.6 is 11.6 Å². The van der Waals surface area contributed by atoms with Crippen molar-refractivity contribution in [3.05, 3.63) is 64.2 Å². The van der Waals surface area contributed by atoms with Crippen LogP contribution in [0.5, 0.6) is 5.75 Å². The van der Waals surface area contributed by atoms with E-state index < -0.39 is 23.8 Å². The molecular weight excluding hydrogens is 385 g/mol. The zero-order valence-corrected chi connectivity index (χ0v) is 15.2. The minimum atomic E-state index is -4.50. The average molecular weight is 403 g/mol. The molecule has 2 rings (SSSR count). The first kappa shape index (κ1) is 21.1. The van der Waals surface area contributed by atoms with E-state index in [0.717, 1.165) is 6.07 Å². The lowest BCUT2D eigenvalue weighted by Crippen LogP contribution is -2.10. The molecule has 0 fully saturated rings. The third-order valence-corrected chi connectivity index (χ3v) is 4.04. The summed E-state index contributed by atoms with van der Waals surface area (Å²) < 4.78 is 49.1. The second-order valence-corrected chi connectivity index (χ2v) is 6.12. The van der Waals surface area contributed by atoms with Crippen molar-refractivity contribution in [2.75, 3.05) is 6.61 Å². The standard InChI is InChI=1S/C19H18ClF3O4/c1-2-26-17(10-18(24)25)13-4-6-14(7-5-13)27-11-12-3-8-15(16(20)9-12)19(21,22)23/h3-9,17H,2,10-11H2,1H3,(H,24,25)/t17-/m0/s1. The lowest BCUT2D eigenvalue weighted by molar-refractivity contribution is -0.140. The van der Waals surface area contributed by atoms with Gasteiger partial charge in [-0.15, -0.1) is 0 Å². The number of hydrogen-bond acceptors (Lipinski definition) is 3. The summed E-state index contributed by atoms with van der Waals surface area (Å²) in [7, 11) is 0. The van der Waals surface area contributed by atoms with Crippen LogP contribution in [-0.4, -0.2) is 17.7 Å². The van der Waals surface area contributed by atoms with Gasteiger partial charge in [0.15, 0.2) is 0 Å². The number of carboxylic acids is 1. The fourth-order valence-electron chi connectivity index (χ4n) is 2.46. The molecule has 0 unspecified atom stereocenters. The molecule has 8 heteroatoms. The zero-order valence-electron chi connectivity index (χ0n) is 14.4. The van der Waals surface area contributed by atoms with Crippen LogP contribution in [0.15, 0.2) is 42.5 Å². The van der Waals surface area contributed by atoms with E-state index in [4.69, 9.17) is 26.2 Å². The summed E-state index contributed by atoms with van der Waals surface area (Å²) in [6.07, 6.45) is -5.22. The molecule has 0 aliphatic carbocycles. The number of carbonyl (C=O) groups is 1. The van der Waals surface area contributed by atoms with Gasteiger partial charge in [0.05, 0.1) is 23.1 Å². The van der Waals surface area contributed by atoms with Gasteiger partial charge in [-0.3, -0.25) is 4.79 Å². The Morgan fingerprint density at radius 2 is 1.85 bits per heavy atom. The van der Waals surface area contributed by atoms with E-state index in [0.29, 0.717) is 23.5 Å². The third kappa shape index (κ3) is 6.15. The van der Waals surface area contributed by atoms with Gasteiger partial charge in [0.25, 0.3) is 0 Å². The van der Waals surface area contributed by atoms with E-state index in [2.05, 4.69) is 0 Å². The first-order valence-corrected chi connectivity index (χ1v) is 8.50. The summed E-state index contributed by atoms with van der Waals surface area (Å²) in [5, 5.41) is 8.56. The van der Waals surface area contributed by atoms with Crippen LogP contribution in [0, 0.1) is 0 Å². The SMILES string of the molecule is CCO[C@@H](CC(=O)O)c1ccc(OCc2ccc(C(F)(F)F)c(Cl)c2)cc1. The second kappa shape index (κ2) is 9.10. The van der Waals surface area contributed by atoms with E-state index in [-0.39, 0.29) is 18.1 Å². The zero-order chi connectivity index (χ0) is 20.0. The maximum Gasteiger partial charge on any atom is 0.417 e. The van der Waals surface area contributed by atoms with Gasteiger partial charge in [-0.05, 0) is 42.3 Å². The van der Waals surface area contributed by atoms with Crippen molar-refractivity contribution in [2.45, 2.75) is 32.2 Å². The smallest absolute Gasteiger partial charge is 0.417 e. The summed E-state index contributed by atoms with van der Waals surface area (Å²) in [4.78, 5) is 10.9. The molecular formula is C19H18ClF3O4. The van der Waals surface area contributed by atoms with Crippen LogP contribution in [0.4, 0.5) is 13.2 Å². The molecule has 0 spiro atoms. The quantitative estimate of drug-likeness (QED) is 0.634. The molecule has 0 aliphatic rings. The second-order valence-electron chi connectivity index (χ2n) is 5.71. The van der Waals surface area contributed by atoms with E-state index in [1.807, 2.05) is 0 Å². The molecule has 0 bridgehead atoms. The highest BCUT2D eigenvalue weighted by atomic mass is 35.5. The number of halogens is 4. The lowest BCUT2D eigenvalue weighted by atomic mass is 10.1. The van der Waals surface area contributed by atoms with Crippen molar-refractivity contribution in [1.82, 2.24) is 0 Å². The van der Waals surface area contributed by atoms with Crippen molar-refractivity contribution in [1.29, 1.82) is 0 Å². The van der Waals surface area contributed by atoms with Gasteiger partial charge in [-0.25, -0.2) is 0 Å². The summed E-state index contributed by atoms with van der Waals surface area (Å²) >= 11 is 5.69. The Balaban J connectivity index is 2.02. The fourth-order valence-corrected chi connectivity index (χ4v) is 2.77. The van der Waals surface area contributed by atoms with Crippen molar-refractivity contribution in [3.63, 3.8) is 0 Å². The van der Waals surface area contributed by atoms with Gasteiger partial charge >= 0.3 is 12.1 Å². The van der Waals surface area contributed by atoms with Crippen LogP contribution in [0.25, 0.3) is 0 Å². The largest absolute Gasteiger partial charge is 0.489 e. The molecule has 0 amide bonds. The highest BCUT2D eigenvalue weighted by molar-refractivity contribution is 6.31. The lowest BCUT2D eigenvalue weighted by Gasteiger charge is -2.16. The monoisotopic (exact) mass is 402 g/mol. The Morgan fingerprint density at radius 3 is 2.37 bits per heavy atom. The molecule has 1 N–H and O–H groups in total. The maximum absolute atomic E-state index is 12.7. The number of alkyl halides is 3. The molecule has 2 aromatic carbocycles. The van der Waals surface area contributed by atoms with Crippen LogP contribution in [0.1, 0.15) is 36.1 Å². The molecule has 0 aliphatic heterocycles. The van der Waals surface area contributed by atoms with E-state index in [1.165, 1.54) is 12.1 Å². The highest BCUT2D eigenvalue weighted by Gasteiger charge is 2.33. The van der Waals surface area contributed by atoms with Gasteiger partial charge in [0, 0.05) is 6.61 Å². The van der Waals surface area contributed by atoms with Gasteiger partial charge < -0.3 is 14.6 Å². The Labute approximate surface area is 159 Å². The average Bonchev–Trinajstić information content (AvgIpc) is 2.58. The highest BCUT2D eigenvalue weighted by Crippen LogP contribution is 2.35. The third-order valence-electron chi connectivity index (χ3n) is 3.72. The van der Waals surface area contributed by atoms with Crippen LogP contribution < -0.4 is 4.74 Å². The topological polar surface area (TPSA) is 55.8 Å². The summed E-state index contributed by atoms with van der Waals surface area (Å²) in [6, 6.07) is 10.1. The molecule has 0 saturated carbocycles. The predicted molar refractivity (Wildman–Crippen MR) is 93.8 cm³/mol. The molecule has 146 valence electrons. The van der Waals surface area contributed by atoms with Crippen molar-refractivity contribution < 1.29 is 32.5 Å². The molecule has 4 nitrogen and oxygen atoms in total. The van der Waals surface area contributed by atoms with Crippen LogP contribution in [0.3, 0.4) is 0 Å². The van der Waals surface area contributed by atoms with E-state index in [1.54, 1.807) is 31.2 Å². The first-order chi connectivity index (χ1) is 12.7. The van der Waals surface area contributed by atoms with Gasteiger partial charge in [0.2, 0.25) is 0 Å². The molecule has 0 aromatic heterocycles. The van der Waals surface area contributed by atoms with Gasteiger partial charge in [-0.2, -0.15) is 13.2 Å². The van der Waals surface area contributed by atoms with Crippen molar-refractivity contribution in [2.24, 2.45) is 0 Å². The Bertz CT molecular complexity index is 776. The molecule has 2 aromatic rings. The summed E-state index contributed by atoms with van der Waals surface area (Å²) in [5.74, 6) is -0.478. The Kier molecular flexibility index (Phi) is 7.10. The normalized spacial score (nSPS) is 12.6.